The molecule has 7 heteroatoms. The van der Waals surface area contributed by atoms with Crippen LogP contribution in [0.15, 0.2) is 41.3 Å². The minimum absolute atomic E-state index is 0.146. The van der Waals surface area contributed by atoms with Gasteiger partial charge in [0.05, 0.1) is 24.5 Å². The maximum absolute atomic E-state index is 12.6. The van der Waals surface area contributed by atoms with Crippen LogP contribution in [0, 0.1) is 0 Å². The highest BCUT2D eigenvalue weighted by Gasteiger charge is 2.49. The van der Waals surface area contributed by atoms with Crippen molar-refractivity contribution in [1.82, 2.24) is 24.6 Å². The molecule has 1 unspecified atom stereocenters. The summed E-state index contributed by atoms with van der Waals surface area (Å²) in [7, 11) is 0. The van der Waals surface area contributed by atoms with Gasteiger partial charge in [-0.1, -0.05) is 31.0 Å². The maximum atomic E-state index is 12.6. The van der Waals surface area contributed by atoms with Crippen LogP contribution < -0.4 is 5.56 Å². The average Bonchev–Trinajstić information content (AvgIpc) is 3.39. The van der Waals surface area contributed by atoms with Crippen molar-refractivity contribution in [3.63, 3.8) is 0 Å². The summed E-state index contributed by atoms with van der Waals surface area (Å²) < 4.78 is 1.71. The van der Waals surface area contributed by atoms with Crippen LogP contribution in [-0.4, -0.2) is 47.9 Å². The lowest BCUT2D eigenvalue weighted by atomic mass is 9.91. The predicted molar refractivity (Wildman–Crippen MR) is 102 cm³/mol. The normalized spacial score (nSPS) is 22.2. The Morgan fingerprint density at radius 1 is 1.22 bits per heavy atom. The van der Waals surface area contributed by atoms with E-state index in [2.05, 4.69) is 15.0 Å². The zero-order valence-electron chi connectivity index (χ0n) is 15.1. The van der Waals surface area contributed by atoms with E-state index in [1.807, 2.05) is 30.3 Å². The number of nitrogens with one attached hydrogen (secondary N) is 1. The molecule has 3 aromatic rings. The van der Waals surface area contributed by atoms with Crippen molar-refractivity contribution < 1.29 is 5.11 Å². The second-order valence-electron chi connectivity index (χ2n) is 7.68. The third-order valence-corrected chi connectivity index (χ3v) is 6.22. The number of hydrogen-bond acceptors (Lipinski definition) is 5. The molecule has 1 spiro atoms. The first-order chi connectivity index (χ1) is 13.2. The summed E-state index contributed by atoms with van der Waals surface area (Å²) >= 11 is 0. The number of hydrogen-bond donors (Lipinski definition) is 2. The van der Waals surface area contributed by atoms with E-state index in [4.69, 9.17) is 4.98 Å². The predicted octanol–water partition coefficient (Wildman–Crippen LogP) is 1.99. The molecule has 3 heterocycles. The minimum Gasteiger partial charge on any atom is -0.391 e. The Morgan fingerprint density at radius 3 is 2.78 bits per heavy atom. The summed E-state index contributed by atoms with van der Waals surface area (Å²) in [5.74, 6) is 0.630. The SMILES string of the molecule is O=c1[nH]c(CN2CCC(O)C23CCCC3)nc2c1cnn2-c1ccccc1. The molecule has 27 heavy (non-hydrogen) atoms. The molecule has 7 nitrogen and oxygen atoms in total. The standard InChI is InChI=1S/C20H23N5O2/c26-16-8-11-24(20(16)9-4-5-10-20)13-17-22-18-15(19(27)23-17)12-21-25(18)14-6-2-1-3-7-14/h1-3,6-7,12,16,26H,4-5,8-11,13H2,(H,22,23,27). The molecule has 2 aliphatic rings. The number of H-pyrrole nitrogens is 1. The van der Waals surface area contributed by atoms with Gasteiger partial charge in [0.1, 0.15) is 11.2 Å². The third-order valence-electron chi connectivity index (χ3n) is 6.22. The number of likely N-dealkylation sites (tertiary alicyclic amines) is 1. The molecule has 140 valence electrons. The van der Waals surface area contributed by atoms with E-state index in [0.717, 1.165) is 44.3 Å². The Labute approximate surface area is 156 Å². The molecule has 1 saturated heterocycles. The number of benzene rings is 1. The quantitative estimate of drug-likeness (QED) is 0.741. The van der Waals surface area contributed by atoms with Gasteiger partial charge >= 0.3 is 0 Å². The molecule has 0 radical (unpaired) electrons. The van der Waals surface area contributed by atoms with E-state index in [1.54, 1.807) is 10.9 Å². The number of aliphatic hydroxyl groups is 1. The number of rotatable bonds is 3. The van der Waals surface area contributed by atoms with Crippen LogP contribution in [0.1, 0.15) is 37.9 Å². The molecule has 1 atom stereocenters. The van der Waals surface area contributed by atoms with E-state index in [9.17, 15) is 9.90 Å². The van der Waals surface area contributed by atoms with Crippen LogP contribution in [0.2, 0.25) is 0 Å². The first-order valence-corrected chi connectivity index (χ1v) is 9.63. The monoisotopic (exact) mass is 365 g/mol. The van der Waals surface area contributed by atoms with Crippen molar-refractivity contribution in [2.45, 2.75) is 50.3 Å². The average molecular weight is 365 g/mol. The lowest BCUT2D eigenvalue weighted by molar-refractivity contribution is 0.0265. The largest absolute Gasteiger partial charge is 0.391 e. The van der Waals surface area contributed by atoms with Crippen LogP contribution >= 0.6 is 0 Å². The van der Waals surface area contributed by atoms with Crippen molar-refractivity contribution in [3.05, 3.63) is 52.7 Å². The Kier molecular flexibility index (Phi) is 3.87. The van der Waals surface area contributed by atoms with Crippen LogP contribution in [0.4, 0.5) is 0 Å². The van der Waals surface area contributed by atoms with Gasteiger partial charge in [-0.25, -0.2) is 9.67 Å². The zero-order valence-corrected chi connectivity index (χ0v) is 15.1. The van der Waals surface area contributed by atoms with Gasteiger partial charge in [-0.05, 0) is 31.4 Å². The van der Waals surface area contributed by atoms with Crippen LogP contribution in [0.3, 0.4) is 0 Å². The molecule has 0 bridgehead atoms. The summed E-state index contributed by atoms with van der Waals surface area (Å²) in [6, 6.07) is 9.71. The number of aliphatic hydroxyl groups excluding tert-OH is 1. The van der Waals surface area contributed by atoms with E-state index < -0.39 is 0 Å². The Morgan fingerprint density at radius 2 is 2.00 bits per heavy atom. The van der Waals surface area contributed by atoms with Crippen molar-refractivity contribution in [2.75, 3.05) is 6.54 Å². The van der Waals surface area contributed by atoms with Crippen molar-refractivity contribution in [1.29, 1.82) is 0 Å². The van der Waals surface area contributed by atoms with Crippen LogP contribution in [0.5, 0.6) is 0 Å². The second kappa shape index (κ2) is 6.28. The van der Waals surface area contributed by atoms with Gasteiger partial charge in [0, 0.05) is 12.1 Å². The molecule has 1 saturated carbocycles. The summed E-state index contributed by atoms with van der Waals surface area (Å²) in [6.07, 6.45) is 6.40. The van der Waals surface area contributed by atoms with Gasteiger partial charge in [0.15, 0.2) is 5.65 Å². The van der Waals surface area contributed by atoms with E-state index in [0.29, 0.717) is 23.4 Å². The van der Waals surface area contributed by atoms with Gasteiger partial charge < -0.3 is 10.1 Å². The fraction of sp³-hybridized carbons (Fsp3) is 0.450. The minimum atomic E-state index is -0.287. The molecule has 2 N–H and O–H groups in total. The summed E-state index contributed by atoms with van der Waals surface area (Å²) in [5, 5.41) is 15.4. The van der Waals surface area contributed by atoms with Crippen molar-refractivity contribution >= 4 is 11.0 Å². The number of para-hydroxylation sites is 1. The van der Waals surface area contributed by atoms with Gasteiger partial charge in [-0.3, -0.25) is 9.69 Å². The van der Waals surface area contributed by atoms with Gasteiger partial charge in [-0.2, -0.15) is 5.10 Å². The summed E-state index contributed by atoms with van der Waals surface area (Å²) in [5.41, 5.74) is 1.13. The summed E-state index contributed by atoms with van der Waals surface area (Å²) in [4.78, 5) is 22.6. The smallest absolute Gasteiger partial charge is 0.262 e. The molecule has 2 fully saturated rings. The lowest BCUT2D eigenvalue weighted by Gasteiger charge is -2.37. The summed E-state index contributed by atoms with van der Waals surface area (Å²) in [6.45, 7) is 1.38. The molecule has 0 amide bonds. The highest BCUT2D eigenvalue weighted by atomic mass is 16.3. The fourth-order valence-corrected chi connectivity index (χ4v) is 4.83. The Hall–Kier alpha value is -2.51. The topological polar surface area (TPSA) is 87.0 Å². The van der Waals surface area contributed by atoms with E-state index in [1.165, 1.54) is 0 Å². The third kappa shape index (κ3) is 2.61. The van der Waals surface area contributed by atoms with E-state index >= 15 is 0 Å². The second-order valence-corrected chi connectivity index (χ2v) is 7.68. The molecule has 1 aliphatic carbocycles. The molecule has 1 aliphatic heterocycles. The van der Waals surface area contributed by atoms with Crippen LogP contribution in [0.25, 0.3) is 16.7 Å². The first kappa shape index (κ1) is 16.6. The van der Waals surface area contributed by atoms with Gasteiger partial charge in [0.2, 0.25) is 0 Å². The number of fused-ring (bicyclic) bond motifs is 1. The van der Waals surface area contributed by atoms with Crippen LogP contribution in [-0.2, 0) is 6.54 Å². The van der Waals surface area contributed by atoms with Gasteiger partial charge in [0.25, 0.3) is 5.56 Å². The van der Waals surface area contributed by atoms with Gasteiger partial charge in [-0.15, -0.1) is 0 Å². The highest BCUT2D eigenvalue weighted by molar-refractivity contribution is 5.75. The number of aromatic nitrogens is 4. The van der Waals surface area contributed by atoms with Crippen molar-refractivity contribution in [3.8, 4) is 5.69 Å². The lowest BCUT2D eigenvalue weighted by Crippen LogP contribution is -2.48. The van der Waals surface area contributed by atoms with Crippen molar-refractivity contribution in [2.24, 2.45) is 0 Å². The van der Waals surface area contributed by atoms with E-state index in [-0.39, 0.29) is 17.2 Å². The highest BCUT2D eigenvalue weighted by Crippen LogP contribution is 2.43. The Bertz CT molecular complexity index is 1020. The fourth-order valence-electron chi connectivity index (χ4n) is 4.83. The molecule has 1 aromatic carbocycles. The molecule has 2 aromatic heterocycles. The molecular weight excluding hydrogens is 342 g/mol. The molecular formula is C20H23N5O2. The first-order valence-electron chi connectivity index (χ1n) is 9.63. The Balaban J connectivity index is 1.54. The maximum Gasteiger partial charge on any atom is 0.262 e. The molecule has 5 rings (SSSR count). The number of aromatic amines is 1. The number of nitrogens with zero attached hydrogens (tertiary/aromatic N) is 4. The zero-order chi connectivity index (χ0) is 18.4.